The summed E-state index contributed by atoms with van der Waals surface area (Å²) in [5.74, 6) is 0.192. The highest BCUT2D eigenvalue weighted by Crippen LogP contribution is 2.41. The molecule has 1 aliphatic heterocycles. The third-order valence-corrected chi connectivity index (χ3v) is 5.13. The molecule has 18 heavy (non-hydrogen) atoms. The Morgan fingerprint density at radius 1 is 1.11 bits per heavy atom. The number of likely N-dealkylation sites (tertiary alicyclic amines) is 1. The normalized spacial score (nSPS) is 26.0. The highest BCUT2D eigenvalue weighted by molar-refractivity contribution is 7.80. The van der Waals surface area contributed by atoms with Gasteiger partial charge in [0.25, 0.3) is 0 Å². The molecule has 0 bridgehead atoms. The van der Waals surface area contributed by atoms with Gasteiger partial charge in [0.15, 0.2) is 0 Å². The standard InChI is InChI=1S/C14H24N2OS/c1-13(2)7-6-10-16(13)12(17)14(11(15)18)8-4-3-5-9-14/h3-10H2,1-2H3,(H2,15,18). The highest BCUT2D eigenvalue weighted by Gasteiger charge is 2.48. The molecule has 0 radical (unpaired) electrons. The summed E-state index contributed by atoms with van der Waals surface area (Å²) in [4.78, 5) is 15.4. The summed E-state index contributed by atoms with van der Waals surface area (Å²) in [5.41, 5.74) is 5.36. The molecule has 0 aromatic heterocycles. The van der Waals surface area contributed by atoms with Crippen LogP contribution in [0.5, 0.6) is 0 Å². The van der Waals surface area contributed by atoms with E-state index in [1.165, 1.54) is 6.42 Å². The minimum absolute atomic E-state index is 0.0354. The van der Waals surface area contributed by atoms with Gasteiger partial charge in [0, 0.05) is 12.1 Å². The Hall–Kier alpha value is -0.640. The summed E-state index contributed by atoms with van der Waals surface area (Å²) < 4.78 is 0. The molecule has 102 valence electrons. The molecule has 1 heterocycles. The molecule has 1 saturated heterocycles. The van der Waals surface area contributed by atoms with Crippen molar-refractivity contribution in [2.45, 2.75) is 64.3 Å². The zero-order valence-corrected chi connectivity index (χ0v) is 12.3. The van der Waals surface area contributed by atoms with Crippen LogP contribution in [0.4, 0.5) is 0 Å². The molecule has 3 nitrogen and oxygen atoms in total. The number of thiocarbonyl (C=S) groups is 1. The molecule has 0 aromatic rings. The first-order valence-electron chi connectivity index (χ1n) is 7.02. The highest BCUT2D eigenvalue weighted by atomic mass is 32.1. The van der Waals surface area contributed by atoms with Crippen molar-refractivity contribution in [2.24, 2.45) is 11.1 Å². The van der Waals surface area contributed by atoms with E-state index in [0.717, 1.165) is 45.1 Å². The maximum absolute atomic E-state index is 12.9. The monoisotopic (exact) mass is 268 g/mol. The van der Waals surface area contributed by atoms with E-state index in [2.05, 4.69) is 13.8 Å². The second-order valence-corrected chi connectivity index (χ2v) is 6.82. The molecular weight excluding hydrogens is 244 g/mol. The Kier molecular flexibility index (Phi) is 3.67. The fourth-order valence-corrected chi connectivity index (χ4v) is 3.75. The summed E-state index contributed by atoms with van der Waals surface area (Å²) in [5, 5.41) is 0. The predicted molar refractivity (Wildman–Crippen MR) is 77.3 cm³/mol. The van der Waals surface area contributed by atoms with Gasteiger partial charge >= 0.3 is 0 Å². The van der Waals surface area contributed by atoms with Crippen LogP contribution in [0.2, 0.25) is 0 Å². The zero-order valence-electron chi connectivity index (χ0n) is 11.5. The topological polar surface area (TPSA) is 46.3 Å². The van der Waals surface area contributed by atoms with Crippen LogP contribution < -0.4 is 5.73 Å². The summed E-state index contributed by atoms with van der Waals surface area (Å²) in [6.07, 6.45) is 7.18. The Labute approximate surface area is 115 Å². The molecule has 1 aliphatic carbocycles. The van der Waals surface area contributed by atoms with Gasteiger partial charge in [0.05, 0.1) is 10.4 Å². The molecule has 0 spiro atoms. The van der Waals surface area contributed by atoms with Crippen molar-refractivity contribution < 1.29 is 4.79 Å². The van der Waals surface area contributed by atoms with Crippen molar-refractivity contribution in [1.29, 1.82) is 0 Å². The fraction of sp³-hybridized carbons (Fsp3) is 0.857. The van der Waals surface area contributed by atoms with Crippen molar-refractivity contribution in [3.63, 3.8) is 0 Å². The smallest absolute Gasteiger partial charge is 0.236 e. The second kappa shape index (κ2) is 4.80. The zero-order chi connectivity index (χ0) is 13.4. The molecular formula is C14H24N2OS. The summed E-state index contributed by atoms with van der Waals surface area (Å²) >= 11 is 5.24. The van der Waals surface area contributed by atoms with Crippen LogP contribution in [0.25, 0.3) is 0 Å². The van der Waals surface area contributed by atoms with Gasteiger partial charge in [-0.2, -0.15) is 0 Å². The van der Waals surface area contributed by atoms with Gasteiger partial charge in [0.2, 0.25) is 5.91 Å². The summed E-state index contributed by atoms with van der Waals surface area (Å²) in [6, 6.07) is 0. The SMILES string of the molecule is CC1(C)CCCN1C(=O)C1(C(N)=S)CCCCC1. The Bertz CT molecular complexity index is 359. The first-order chi connectivity index (χ1) is 8.40. The van der Waals surface area contributed by atoms with Crippen molar-refractivity contribution >= 4 is 23.1 Å². The number of amides is 1. The third kappa shape index (κ3) is 2.15. The van der Waals surface area contributed by atoms with E-state index >= 15 is 0 Å². The van der Waals surface area contributed by atoms with Crippen LogP contribution in [-0.4, -0.2) is 27.9 Å². The Balaban J connectivity index is 2.26. The van der Waals surface area contributed by atoms with Gasteiger partial charge in [-0.25, -0.2) is 0 Å². The van der Waals surface area contributed by atoms with Crippen molar-refractivity contribution in [2.75, 3.05) is 6.54 Å². The molecule has 1 saturated carbocycles. The van der Waals surface area contributed by atoms with Crippen LogP contribution >= 0.6 is 12.2 Å². The first kappa shape index (κ1) is 13.8. The lowest BCUT2D eigenvalue weighted by molar-refractivity contribution is -0.143. The van der Waals surface area contributed by atoms with Gasteiger partial charge in [-0.3, -0.25) is 4.79 Å². The van der Waals surface area contributed by atoms with Crippen molar-refractivity contribution in [1.82, 2.24) is 4.90 Å². The maximum Gasteiger partial charge on any atom is 0.236 e. The van der Waals surface area contributed by atoms with Crippen LogP contribution in [0, 0.1) is 5.41 Å². The van der Waals surface area contributed by atoms with Gasteiger partial charge in [-0.15, -0.1) is 0 Å². The summed E-state index contributed by atoms with van der Waals surface area (Å²) in [6.45, 7) is 5.15. The minimum Gasteiger partial charge on any atom is -0.392 e. The van der Waals surface area contributed by atoms with Gasteiger partial charge < -0.3 is 10.6 Å². The lowest BCUT2D eigenvalue weighted by Gasteiger charge is -2.42. The van der Waals surface area contributed by atoms with Crippen LogP contribution in [-0.2, 0) is 4.79 Å². The van der Waals surface area contributed by atoms with Gasteiger partial charge in [0.1, 0.15) is 0 Å². The van der Waals surface area contributed by atoms with Gasteiger partial charge in [-0.05, 0) is 39.5 Å². The van der Waals surface area contributed by atoms with Gasteiger partial charge in [-0.1, -0.05) is 31.5 Å². The largest absolute Gasteiger partial charge is 0.392 e. The molecule has 4 heteroatoms. The average molecular weight is 268 g/mol. The Morgan fingerprint density at radius 2 is 1.72 bits per heavy atom. The molecule has 2 aliphatic rings. The summed E-state index contributed by atoms with van der Waals surface area (Å²) in [7, 11) is 0. The Morgan fingerprint density at radius 3 is 2.17 bits per heavy atom. The molecule has 1 amide bonds. The number of rotatable bonds is 2. The lowest BCUT2D eigenvalue weighted by atomic mass is 9.72. The number of hydrogen-bond acceptors (Lipinski definition) is 2. The minimum atomic E-state index is -0.546. The fourth-order valence-electron chi connectivity index (χ4n) is 3.46. The first-order valence-corrected chi connectivity index (χ1v) is 7.43. The quantitative estimate of drug-likeness (QED) is 0.783. The van der Waals surface area contributed by atoms with E-state index in [1.54, 1.807) is 0 Å². The number of hydrogen-bond donors (Lipinski definition) is 1. The third-order valence-electron chi connectivity index (χ3n) is 4.73. The van der Waals surface area contributed by atoms with E-state index < -0.39 is 5.41 Å². The maximum atomic E-state index is 12.9. The molecule has 0 atom stereocenters. The van der Waals surface area contributed by atoms with Crippen LogP contribution in [0.15, 0.2) is 0 Å². The van der Waals surface area contributed by atoms with E-state index in [0.29, 0.717) is 4.99 Å². The lowest BCUT2D eigenvalue weighted by Crippen LogP contribution is -2.55. The number of nitrogens with two attached hydrogens (primary N) is 1. The van der Waals surface area contributed by atoms with Crippen LogP contribution in [0.3, 0.4) is 0 Å². The van der Waals surface area contributed by atoms with Crippen molar-refractivity contribution in [3.05, 3.63) is 0 Å². The predicted octanol–water partition coefficient (Wildman–Crippen LogP) is 2.62. The van der Waals surface area contributed by atoms with Crippen molar-refractivity contribution in [3.8, 4) is 0 Å². The van der Waals surface area contributed by atoms with E-state index in [1.807, 2.05) is 4.90 Å². The second-order valence-electron chi connectivity index (χ2n) is 6.38. The average Bonchev–Trinajstić information content (AvgIpc) is 2.68. The molecule has 2 fully saturated rings. The van der Waals surface area contributed by atoms with E-state index in [4.69, 9.17) is 18.0 Å². The van der Waals surface area contributed by atoms with E-state index in [-0.39, 0.29) is 11.4 Å². The molecule has 2 rings (SSSR count). The van der Waals surface area contributed by atoms with Crippen LogP contribution in [0.1, 0.15) is 58.8 Å². The molecule has 0 aromatic carbocycles. The number of nitrogens with zero attached hydrogens (tertiary/aromatic N) is 1. The number of carbonyl (C=O) groups is 1. The number of carbonyl (C=O) groups excluding carboxylic acids is 1. The molecule has 0 unspecified atom stereocenters. The van der Waals surface area contributed by atoms with E-state index in [9.17, 15) is 4.79 Å². The molecule has 2 N–H and O–H groups in total.